The minimum Gasteiger partial charge on any atom is -0.132 e. The number of hydrogen-bond donors (Lipinski definition) is 0. The van der Waals surface area contributed by atoms with E-state index in [0.29, 0.717) is 9.19 Å². The summed E-state index contributed by atoms with van der Waals surface area (Å²) in [6.07, 6.45) is 6.34. The Labute approximate surface area is 79.9 Å². The normalized spacial score (nSPS) is 24.3. The van der Waals surface area contributed by atoms with E-state index in [2.05, 4.69) is 65.7 Å². The van der Waals surface area contributed by atoms with Gasteiger partial charge in [-0.2, -0.15) is 0 Å². The van der Waals surface area contributed by atoms with Crippen molar-refractivity contribution in [3.8, 4) is 0 Å². The molecule has 0 amide bonds. The Morgan fingerprint density at radius 3 is 2.33 bits per heavy atom. The summed E-state index contributed by atoms with van der Waals surface area (Å²) in [5.74, 6) is 0. The van der Waals surface area contributed by atoms with Gasteiger partial charge in [-0.1, -0.05) is 39.6 Å². The fourth-order valence-corrected chi connectivity index (χ4v) is 1.71. The van der Waals surface area contributed by atoms with Gasteiger partial charge < -0.3 is 0 Å². The topological polar surface area (TPSA) is 0 Å². The molecule has 1 aliphatic rings. The van der Waals surface area contributed by atoms with Crippen molar-refractivity contribution in [2.24, 2.45) is 0 Å². The van der Waals surface area contributed by atoms with E-state index in [1.165, 1.54) is 5.47 Å². The van der Waals surface area contributed by atoms with Crippen LogP contribution >= 0.6 is 47.4 Å². The third kappa shape index (κ3) is 2.24. The smallest absolute Gasteiger partial charge is 0.132 e. The van der Waals surface area contributed by atoms with E-state index in [-0.39, 0.29) is 0 Å². The predicted octanol–water partition coefficient (Wildman–Crippen LogP) is 3.06. The Balaban J connectivity index is 2.64. The van der Waals surface area contributed by atoms with Crippen LogP contribution < -0.4 is 0 Å². The Bertz CT molecular complexity index is 162. The summed E-state index contributed by atoms with van der Waals surface area (Å²) in [6, 6.07) is 0. The van der Waals surface area contributed by atoms with Gasteiger partial charge >= 0.3 is 4.36 Å². The van der Waals surface area contributed by atoms with E-state index in [1.807, 2.05) is 0 Å². The molecule has 0 saturated carbocycles. The highest BCUT2D eigenvalue weighted by molar-refractivity contribution is 9.49. The molecule has 0 heterocycles. The van der Waals surface area contributed by atoms with Crippen LogP contribution in [0.2, 0.25) is 0 Å². The molecule has 1 aliphatic carbocycles. The van der Waals surface area contributed by atoms with Gasteiger partial charge in [-0.05, 0) is 0 Å². The van der Waals surface area contributed by atoms with Crippen LogP contribution in [0.5, 0.6) is 0 Å². The van der Waals surface area contributed by atoms with E-state index in [9.17, 15) is 0 Å². The Morgan fingerprint density at radius 2 is 2.11 bits per heavy atom. The van der Waals surface area contributed by atoms with E-state index >= 15 is 0 Å². The minimum atomic E-state index is 0.295. The number of allylic oxidation sites excluding steroid dienone is 4. The van der Waals surface area contributed by atoms with Gasteiger partial charge in [0.2, 0.25) is 0 Å². The summed E-state index contributed by atoms with van der Waals surface area (Å²) in [5.41, 5.74) is 1.27. The first-order valence-electron chi connectivity index (χ1n) is 2.52. The quantitative estimate of drug-likeness (QED) is 0.515. The van der Waals surface area contributed by atoms with Gasteiger partial charge in [0, 0.05) is 0 Å². The highest BCUT2D eigenvalue weighted by Crippen LogP contribution is 2.23. The SMILES string of the molecule is BrB(Br)C1=CC(Br)C=C1. The first kappa shape index (κ1) is 8.09. The van der Waals surface area contributed by atoms with Crippen LogP contribution in [0.4, 0.5) is 0 Å². The molecule has 0 fully saturated rings. The second kappa shape index (κ2) is 3.40. The molecule has 0 aromatic heterocycles. The van der Waals surface area contributed by atoms with E-state index in [1.54, 1.807) is 0 Å². The molecular weight excluding hydrogens is 311 g/mol. The van der Waals surface area contributed by atoms with Crippen LogP contribution in [0.15, 0.2) is 23.7 Å². The molecule has 4 heteroatoms. The lowest BCUT2D eigenvalue weighted by atomic mass is 9.97. The summed E-state index contributed by atoms with van der Waals surface area (Å²) in [7, 11) is 0. The maximum absolute atomic E-state index is 3.44. The minimum absolute atomic E-state index is 0.295. The average molecular weight is 315 g/mol. The maximum Gasteiger partial charge on any atom is 0.329 e. The third-order valence-electron chi connectivity index (χ3n) is 1.08. The van der Waals surface area contributed by atoms with Crippen LogP contribution in [0.1, 0.15) is 0 Å². The molecule has 0 aromatic carbocycles. The van der Waals surface area contributed by atoms with E-state index in [4.69, 9.17) is 0 Å². The lowest BCUT2D eigenvalue weighted by Gasteiger charge is -1.92. The van der Waals surface area contributed by atoms with E-state index in [0.717, 1.165) is 0 Å². The predicted molar refractivity (Wildman–Crippen MR) is 53.5 cm³/mol. The zero-order valence-electron chi connectivity index (χ0n) is 4.52. The van der Waals surface area contributed by atoms with Crippen molar-refractivity contribution in [2.45, 2.75) is 4.83 Å². The van der Waals surface area contributed by atoms with Crippen molar-refractivity contribution in [3.05, 3.63) is 23.7 Å². The van der Waals surface area contributed by atoms with Crippen LogP contribution in [0.3, 0.4) is 0 Å². The molecule has 0 bridgehead atoms. The molecule has 0 nitrogen and oxygen atoms in total. The third-order valence-corrected chi connectivity index (χ3v) is 2.70. The maximum atomic E-state index is 3.44. The molecule has 0 aliphatic heterocycles. The number of rotatable bonds is 1. The summed E-state index contributed by atoms with van der Waals surface area (Å²) >= 11 is 10.3. The molecule has 1 atom stereocenters. The van der Waals surface area contributed by atoms with Gasteiger partial charge in [0.25, 0.3) is 0 Å². The number of hydrogen-bond acceptors (Lipinski definition) is 0. The second-order valence-corrected chi connectivity index (χ2v) is 5.89. The summed E-state index contributed by atoms with van der Waals surface area (Å²) < 4.78 is 0.295. The van der Waals surface area contributed by atoms with Crippen molar-refractivity contribution in [1.82, 2.24) is 0 Å². The van der Waals surface area contributed by atoms with Crippen molar-refractivity contribution in [1.29, 1.82) is 0 Å². The van der Waals surface area contributed by atoms with Gasteiger partial charge in [-0.25, -0.2) is 0 Å². The Morgan fingerprint density at radius 1 is 1.44 bits per heavy atom. The standard InChI is InChI=1S/C5H4BBr3/c7-5-2-1-4(3-5)6(8)9/h1-3,5H. The van der Waals surface area contributed by atoms with Crippen molar-refractivity contribution in [3.63, 3.8) is 0 Å². The average Bonchev–Trinajstić information content (AvgIpc) is 2.14. The first-order valence-corrected chi connectivity index (χ1v) is 5.27. The monoisotopic (exact) mass is 312 g/mol. The number of halogens is 3. The zero-order chi connectivity index (χ0) is 6.85. The van der Waals surface area contributed by atoms with Crippen molar-refractivity contribution in [2.75, 3.05) is 0 Å². The van der Waals surface area contributed by atoms with Crippen LogP contribution in [-0.4, -0.2) is 9.19 Å². The molecule has 0 spiro atoms. The van der Waals surface area contributed by atoms with Crippen LogP contribution in [0, 0.1) is 0 Å². The zero-order valence-corrected chi connectivity index (χ0v) is 9.28. The Kier molecular flexibility index (Phi) is 3.05. The first-order chi connectivity index (χ1) is 4.20. The van der Waals surface area contributed by atoms with Crippen molar-refractivity contribution < 1.29 is 0 Å². The highest BCUT2D eigenvalue weighted by Gasteiger charge is 2.13. The lowest BCUT2D eigenvalue weighted by molar-refractivity contribution is 1.51. The number of alkyl halides is 1. The van der Waals surface area contributed by atoms with Crippen LogP contribution in [0.25, 0.3) is 0 Å². The fraction of sp³-hybridized carbons (Fsp3) is 0.200. The van der Waals surface area contributed by atoms with Gasteiger partial charge in [-0.15, -0.1) is 31.5 Å². The Hall–Kier alpha value is 0.985. The summed E-state index contributed by atoms with van der Waals surface area (Å²) in [5, 5.41) is 0. The molecule has 0 aromatic rings. The van der Waals surface area contributed by atoms with Gasteiger partial charge in [0.05, 0.1) is 4.83 Å². The molecule has 0 N–H and O–H groups in total. The second-order valence-electron chi connectivity index (χ2n) is 1.77. The molecule has 9 heavy (non-hydrogen) atoms. The fourth-order valence-electron chi connectivity index (χ4n) is 0.643. The summed E-state index contributed by atoms with van der Waals surface area (Å²) in [6.45, 7) is 0. The van der Waals surface area contributed by atoms with Crippen molar-refractivity contribution >= 4 is 51.8 Å². The molecule has 1 unspecified atom stereocenters. The van der Waals surface area contributed by atoms with Crippen LogP contribution in [-0.2, 0) is 0 Å². The molecule has 48 valence electrons. The molecule has 1 rings (SSSR count). The van der Waals surface area contributed by atoms with E-state index < -0.39 is 0 Å². The van der Waals surface area contributed by atoms with Gasteiger partial charge in [0.15, 0.2) is 0 Å². The lowest BCUT2D eigenvalue weighted by Crippen LogP contribution is -1.92. The summed E-state index contributed by atoms with van der Waals surface area (Å²) in [4.78, 5) is 0.421. The molecular formula is C5H4BBr3. The van der Waals surface area contributed by atoms with Gasteiger partial charge in [0.1, 0.15) is 0 Å². The van der Waals surface area contributed by atoms with Gasteiger partial charge in [-0.3, -0.25) is 0 Å². The molecule has 0 radical (unpaired) electrons. The molecule has 0 saturated heterocycles. The largest absolute Gasteiger partial charge is 0.329 e. The highest BCUT2D eigenvalue weighted by atomic mass is 79.9.